The molecule has 0 bridgehead atoms. The molecule has 110 valence electrons. The van der Waals surface area contributed by atoms with E-state index in [9.17, 15) is 19.5 Å². The SMILES string of the molecule is Cn1c(=O)[nH]c2ccc(C(=O)NC3(C(=O)O)CCC3)cc21. The van der Waals surface area contributed by atoms with Crippen molar-refractivity contribution in [2.45, 2.75) is 24.8 Å². The summed E-state index contributed by atoms with van der Waals surface area (Å²) < 4.78 is 1.41. The van der Waals surface area contributed by atoms with Crippen LogP contribution in [0.25, 0.3) is 11.0 Å². The minimum atomic E-state index is -1.14. The first-order chi connectivity index (χ1) is 9.93. The second-order valence-electron chi connectivity index (χ2n) is 5.42. The Bertz CT molecular complexity index is 798. The van der Waals surface area contributed by atoms with Crippen LogP contribution in [-0.4, -0.2) is 32.1 Å². The third-order valence-electron chi connectivity index (χ3n) is 4.14. The number of aliphatic carboxylic acids is 1. The number of carboxylic acids is 1. The van der Waals surface area contributed by atoms with Gasteiger partial charge in [-0.2, -0.15) is 0 Å². The van der Waals surface area contributed by atoms with Crippen LogP contribution in [-0.2, 0) is 11.8 Å². The van der Waals surface area contributed by atoms with Crippen molar-refractivity contribution in [3.8, 4) is 0 Å². The second-order valence-corrected chi connectivity index (χ2v) is 5.42. The second kappa shape index (κ2) is 4.47. The van der Waals surface area contributed by atoms with Crippen LogP contribution >= 0.6 is 0 Å². The maximum Gasteiger partial charge on any atom is 0.329 e. The normalized spacial score (nSPS) is 16.4. The van der Waals surface area contributed by atoms with Crippen molar-refractivity contribution in [1.82, 2.24) is 14.9 Å². The Kier molecular flexibility index (Phi) is 2.86. The topological polar surface area (TPSA) is 104 Å². The van der Waals surface area contributed by atoms with Gasteiger partial charge in [0.1, 0.15) is 5.54 Å². The van der Waals surface area contributed by atoms with Crippen LogP contribution < -0.4 is 11.0 Å². The molecule has 1 aromatic heterocycles. The zero-order chi connectivity index (χ0) is 15.2. The average Bonchev–Trinajstić information content (AvgIpc) is 2.68. The Hall–Kier alpha value is -2.57. The van der Waals surface area contributed by atoms with Gasteiger partial charge in [-0.1, -0.05) is 0 Å². The molecule has 3 N–H and O–H groups in total. The maximum absolute atomic E-state index is 12.2. The average molecular weight is 289 g/mol. The van der Waals surface area contributed by atoms with Gasteiger partial charge in [-0.15, -0.1) is 0 Å². The Labute approximate surface area is 119 Å². The number of aryl methyl sites for hydroxylation is 1. The highest BCUT2D eigenvalue weighted by Crippen LogP contribution is 2.32. The molecule has 0 aliphatic heterocycles. The van der Waals surface area contributed by atoms with Gasteiger partial charge >= 0.3 is 11.7 Å². The Morgan fingerprint density at radius 1 is 1.38 bits per heavy atom. The van der Waals surface area contributed by atoms with E-state index < -0.39 is 17.4 Å². The van der Waals surface area contributed by atoms with Crippen molar-refractivity contribution in [3.05, 3.63) is 34.2 Å². The fourth-order valence-electron chi connectivity index (χ4n) is 2.58. The number of carbonyl (C=O) groups is 2. The number of amides is 1. The number of aromatic nitrogens is 2. The summed E-state index contributed by atoms with van der Waals surface area (Å²) in [6.07, 6.45) is 1.68. The van der Waals surface area contributed by atoms with Crippen LogP contribution in [0.3, 0.4) is 0 Å². The number of aromatic amines is 1. The molecule has 0 atom stereocenters. The summed E-state index contributed by atoms with van der Waals surface area (Å²) in [5, 5.41) is 11.8. The lowest BCUT2D eigenvalue weighted by Crippen LogP contribution is -2.59. The molecule has 2 aromatic rings. The van der Waals surface area contributed by atoms with Crippen molar-refractivity contribution in [1.29, 1.82) is 0 Å². The molecule has 1 aliphatic rings. The quantitative estimate of drug-likeness (QED) is 0.769. The first-order valence-corrected chi connectivity index (χ1v) is 6.68. The van der Waals surface area contributed by atoms with Crippen molar-refractivity contribution in [3.63, 3.8) is 0 Å². The van der Waals surface area contributed by atoms with Gasteiger partial charge in [0.25, 0.3) is 5.91 Å². The Morgan fingerprint density at radius 3 is 2.67 bits per heavy atom. The summed E-state index contributed by atoms with van der Waals surface area (Å²) in [5.41, 5.74) is 0.172. The zero-order valence-corrected chi connectivity index (χ0v) is 11.5. The monoisotopic (exact) mass is 289 g/mol. The molecule has 1 aromatic carbocycles. The summed E-state index contributed by atoms with van der Waals surface area (Å²) in [7, 11) is 1.60. The van der Waals surface area contributed by atoms with E-state index in [0.717, 1.165) is 6.42 Å². The number of fused-ring (bicyclic) bond motifs is 1. The number of rotatable bonds is 3. The predicted octanol–water partition coefficient (Wildman–Crippen LogP) is 0.604. The minimum absolute atomic E-state index is 0.261. The van der Waals surface area contributed by atoms with E-state index in [1.54, 1.807) is 25.2 Å². The van der Waals surface area contributed by atoms with Gasteiger partial charge in [-0.05, 0) is 37.5 Å². The summed E-state index contributed by atoms with van der Waals surface area (Å²) in [4.78, 5) is 37.7. The standard InChI is InChI=1S/C14H15N3O4/c1-17-10-7-8(3-4-9(10)15-13(17)21)11(18)16-14(12(19)20)5-2-6-14/h3-4,7H,2,5-6H2,1H3,(H,15,21)(H,16,18)(H,19,20). The van der Waals surface area contributed by atoms with Crippen LogP contribution in [0.1, 0.15) is 29.6 Å². The highest BCUT2D eigenvalue weighted by molar-refractivity contribution is 6.00. The van der Waals surface area contributed by atoms with E-state index in [1.165, 1.54) is 4.57 Å². The number of hydrogen-bond acceptors (Lipinski definition) is 3. The molecular weight excluding hydrogens is 274 g/mol. The molecule has 0 spiro atoms. The number of carbonyl (C=O) groups excluding carboxylic acids is 1. The van der Waals surface area contributed by atoms with Crippen LogP contribution in [0.5, 0.6) is 0 Å². The van der Waals surface area contributed by atoms with Crippen molar-refractivity contribution in [2.75, 3.05) is 0 Å². The van der Waals surface area contributed by atoms with E-state index in [-0.39, 0.29) is 5.69 Å². The molecule has 0 unspecified atom stereocenters. The highest BCUT2D eigenvalue weighted by atomic mass is 16.4. The first-order valence-electron chi connectivity index (χ1n) is 6.68. The van der Waals surface area contributed by atoms with Crippen molar-refractivity contribution >= 4 is 22.9 Å². The summed E-state index contributed by atoms with van der Waals surface area (Å²) >= 11 is 0. The third-order valence-corrected chi connectivity index (χ3v) is 4.14. The number of imidazole rings is 1. The number of hydrogen-bond donors (Lipinski definition) is 3. The molecule has 1 saturated carbocycles. The van der Waals surface area contributed by atoms with E-state index in [0.29, 0.717) is 29.4 Å². The van der Waals surface area contributed by atoms with E-state index in [4.69, 9.17) is 0 Å². The van der Waals surface area contributed by atoms with E-state index in [2.05, 4.69) is 10.3 Å². The van der Waals surface area contributed by atoms with Crippen molar-refractivity contribution in [2.24, 2.45) is 7.05 Å². The largest absolute Gasteiger partial charge is 0.480 e. The summed E-state index contributed by atoms with van der Waals surface area (Å²) in [5.74, 6) is -1.44. The highest BCUT2D eigenvalue weighted by Gasteiger charge is 2.45. The molecule has 7 heteroatoms. The first kappa shape index (κ1) is 13.4. The molecule has 1 aliphatic carbocycles. The van der Waals surface area contributed by atoms with E-state index >= 15 is 0 Å². The summed E-state index contributed by atoms with van der Waals surface area (Å²) in [6.45, 7) is 0. The molecule has 0 saturated heterocycles. The molecule has 0 radical (unpaired) electrons. The number of carboxylic acid groups (broad SMARTS) is 1. The van der Waals surface area contributed by atoms with Gasteiger partial charge in [0.05, 0.1) is 11.0 Å². The number of nitrogens with zero attached hydrogens (tertiary/aromatic N) is 1. The Morgan fingerprint density at radius 2 is 2.10 bits per heavy atom. The molecular formula is C14H15N3O4. The molecule has 7 nitrogen and oxygen atoms in total. The van der Waals surface area contributed by atoms with E-state index in [1.807, 2.05) is 0 Å². The number of H-pyrrole nitrogens is 1. The number of benzene rings is 1. The fraction of sp³-hybridized carbons (Fsp3) is 0.357. The van der Waals surface area contributed by atoms with Crippen LogP contribution in [0.2, 0.25) is 0 Å². The minimum Gasteiger partial charge on any atom is -0.480 e. The van der Waals surface area contributed by atoms with Gasteiger partial charge in [0.2, 0.25) is 0 Å². The van der Waals surface area contributed by atoms with Crippen LogP contribution in [0.15, 0.2) is 23.0 Å². The third kappa shape index (κ3) is 2.01. The van der Waals surface area contributed by atoms with Crippen molar-refractivity contribution < 1.29 is 14.7 Å². The fourth-order valence-corrected chi connectivity index (χ4v) is 2.58. The lowest BCUT2D eigenvalue weighted by Gasteiger charge is -2.38. The van der Waals surface area contributed by atoms with Gasteiger partial charge in [-0.3, -0.25) is 9.36 Å². The number of nitrogens with one attached hydrogen (secondary N) is 2. The Balaban J connectivity index is 1.93. The maximum atomic E-state index is 12.2. The molecule has 1 fully saturated rings. The molecule has 3 rings (SSSR count). The van der Waals surface area contributed by atoms with Gasteiger partial charge < -0.3 is 15.4 Å². The summed E-state index contributed by atoms with van der Waals surface area (Å²) in [6, 6.07) is 4.79. The molecule has 1 heterocycles. The van der Waals surface area contributed by atoms with Gasteiger partial charge in [-0.25, -0.2) is 9.59 Å². The zero-order valence-electron chi connectivity index (χ0n) is 11.5. The molecule has 21 heavy (non-hydrogen) atoms. The smallest absolute Gasteiger partial charge is 0.329 e. The van der Waals surface area contributed by atoms with Crippen LogP contribution in [0, 0.1) is 0 Å². The lowest BCUT2D eigenvalue weighted by atomic mass is 9.76. The molecule has 1 amide bonds. The van der Waals surface area contributed by atoms with Crippen LogP contribution in [0.4, 0.5) is 0 Å². The lowest BCUT2D eigenvalue weighted by molar-refractivity contribution is -0.148. The van der Waals surface area contributed by atoms with Gasteiger partial charge in [0.15, 0.2) is 0 Å². The van der Waals surface area contributed by atoms with Gasteiger partial charge in [0, 0.05) is 12.6 Å². The predicted molar refractivity (Wildman–Crippen MR) is 75.2 cm³/mol.